The first kappa shape index (κ1) is 15.0. The molecule has 0 radical (unpaired) electrons. The van der Waals surface area contributed by atoms with Crippen LogP contribution in [0.3, 0.4) is 0 Å². The van der Waals surface area contributed by atoms with E-state index in [4.69, 9.17) is 5.73 Å². The van der Waals surface area contributed by atoms with E-state index in [-0.39, 0.29) is 11.9 Å². The Kier molecular flexibility index (Phi) is 5.15. The highest BCUT2D eigenvalue weighted by Crippen LogP contribution is 2.25. The third-order valence-corrected chi connectivity index (χ3v) is 4.18. The van der Waals surface area contributed by atoms with E-state index < -0.39 is 0 Å². The zero-order valence-electron chi connectivity index (χ0n) is 12.5. The molecule has 1 heterocycles. The van der Waals surface area contributed by atoms with Crippen LogP contribution in [-0.2, 0) is 17.9 Å². The van der Waals surface area contributed by atoms with E-state index in [1.165, 1.54) is 11.1 Å². The van der Waals surface area contributed by atoms with Gasteiger partial charge in [-0.1, -0.05) is 24.3 Å². The van der Waals surface area contributed by atoms with Crippen molar-refractivity contribution in [3.63, 3.8) is 0 Å². The number of benzene rings is 1. The fourth-order valence-electron chi connectivity index (χ4n) is 2.89. The lowest BCUT2D eigenvalue weighted by molar-refractivity contribution is -0.132. The van der Waals surface area contributed by atoms with Gasteiger partial charge in [-0.25, -0.2) is 0 Å². The number of carbonyl (C=O) groups is 1. The van der Waals surface area contributed by atoms with Crippen LogP contribution in [0.1, 0.15) is 31.4 Å². The number of rotatable bonds is 6. The van der Waals surface area contributed by atoms with E-state index in [9.17, 15) is 4.79 Å². The summed E-state index contributed by atoms with van der Waals surface area (Å²) in [6, 6.07) is 8.60. The Morgan fingerprint density at radius 1 is 1.25 bits per heavy atom. The molecule has 1 unspecified atom stereocenters. The highest BCUT2D eigenvalue weighted by atomic mass is 16.2. The molecular weight excluding hydrogens is 250 g/mol. The number of amides is 1. The molecule has 1 aliphatic rings. The topological polar surface area (TPSA) is 49.6 Å². The van der Waals surface area contributed by atoms with Gasteiger partial charge in [0.15, 0.2) is 0 Å². The van der Waals surface area contributed by atoms with Crippen molar-refractivity contribution in [2.45, 2.75) is 39.4 Å². The maximum absolute atomic E-state index is 12.2. The fourth-order valence-corrected chi connectivity index (χ4v) is 2.89. The lowest BCUT2D eigenvalue weighted by Gasteiger charge is -2.28. The second-order valence-corrected chi connectivity index (χ2v) is 5.33. The normalized spacial score (nSPS) is 15.9. The number of carbonyl (C=O) groups excluding carboxylic acids is 1. The van der Waals surface area contributed by atoms with Crippen LogP contribution in [0.2, 0.25) is 0 Å². The molecule has 4 nitrogen and oxygen atoms in total. The first-order valence-electron chi connectivity index (χ1n) is 7.48. The molecule has 1 amide bonds. The van der Waals surface area contributed by atoms with Crippen LogP contribution in [0.4, 0.5) is 0 Å². The van der Waals surface area contributed by atoms with Crippen molar-refractivity contribution in [3.05, 3.63) is 35.4 Å². The minimum Gasteiger partial charge on any atom is -0.343 e. The van der Waals surface area contributed by atoms with Crippen LogP contribution in [0.15, 0.2) is 24.3 Å². The molecule has 0 aliphatic carbocycles. The van der Waals surface area contributed by atoms with Crippen molar-refractivity contribution in [1.29, 1.82) is 0 Å². The van der Waals surface area contributed by atoms with Gasteiger partial charge in [-0.3, -0.25) is 9.69 Å². The number of nitrogens with two attached hydrogens (primary N) is 1. The lowest BCUT2D eigenvalue weighted by atomic mass is 10.1. The van der Waals surface area contributed by atoms with Crippen molar-refractivity contribution in [1.82, 2.24) is 9.80 Å². The average molecular weight is 275 g/mol. The van der Waals surface area contributed by atoms with Gasteiger partial charge in [0.1, 0.15) is 0 Å². The minimum absolute atomic E-state index is 0.135. The largest absolute Gasteiger partial charge is 0.343 e. The summed E-state index contributed by atoms with van der Waals surface area (Å²) in [5.74, 6) is 0.210. The van der Waals surface area contributed by atoms with E-state index in [0.717, 1.165) is 26.2 Å². The molecule has 4 heteroatoms. The van der Waals surface area contributed by atoms with Crippen LogP contribution in [0.25, 0.3) is 0 Å². The van der Waals surface area contributed by atoms with Crippen molar-refractivity contribution < 1.29 is 4.79 Å². The molecule has 1 aromatic carbocycles. The first-order chi connectivity index (χ1) is 9.69. The Morgan fingerprint density at radius 3 is 2.25 bits per heavy atom. The monoisotopic (exact) mass is 275 g/mol. The second kappa shape index (κ2) is 6.86. The van der Waals surface area contributed by atoms with Gasteiger partial charge in [0.2, 0.25) is 5.91 Å². The van der Waals surface area contributed by atoms with Crippen LogP contribution in [0, 0.1) is 0 Å². The minimum atomic E-state index is 0.135. The van der Waals surface area contributed by atoms with Crippen LogP contribution >= 0.6 is 0 Å². The van der Waals surface area contributed by atoms with Crippen LogP contribution in [-0.4, -0.2) is 41.4 Å². The van der Waals surface area contributed by atoms with Gasteiger partial charge in [-0.2, -0.15) is 0 Å². The average Bonchev–Trinajstić information content (AvgIpc) is 2.89. The van der Waals surface area contributed by atoms with Gasteiger partial charge in [0, 0.05) is 45.2 Å². The molecule has 0 aromatic heterocycles. The number of nitrogens with zero attached hydrogens (tertiary/aromatic N) is 2. The van der Waals surface area contributed by atoms with Crippen LogP contribution in [0.5, 0.6) is 0 Å². The highest BCUT2D eigenvalue weighted by Gasteiger charge is 2.27. The van der Waals surface area contributed by atoms with E-state index in [0.29, 0.717) is 13.0 Å². The Labute approximate surface area is 121 Å². The molecule has 0 bridgehead atoms. The SMILES string of the molecule is CCN(CC)C(=O)CC(CN)N1Cc2ccccc2C1. The van der Waals surface area contributed by atoms with Crippen molar-refractivity contribution in [3.8, 4) is 0 Å². The van der Waals surface area contributed by atoms with E-state index >= 15 is 0 Å². The Morgan fingerprint density at radius 2 is 1.80 bits per heavy atom. The van der Waals surface area contributed by atoms with Crippen molar-refractivity contribution >= 4 is 5.91 Å². The van der Waals surface area contributed by atoms with Gasteiger partial charge >= 0.3 is 0 Å². The summed E-state index contributed by atoms with van der Waals surface area (Å²) >= 11 is 0. The van der Waals surface area contributed by atoms with E-state index in [1.807, 2.05) is 18.7 Å². The Balaban J connectivity index is 1.99. The Hall–Kier alpha value is -1.39. The third kappa shape index (κ3) is 3.19. The fraction of sp³-hybridized carbons (Fsp3) is 0.562. The van der Waals surface area contributed by atoms with Gasteiger partial charge in [0.05, 0.1) is 0 Å². The van der Waals surface area contributed by atoms with Crippen molar-refractivity contribution in [2.24, 2.45) is 5.73 Å². The molecule has 1 aliphatic heterocycles. The van der Waals surface area contributed by atoms with Gasteiger partial charge in [-0.05, 0) is 25.0 Å². The van der Waals surface area contributed by atoms with Gasteiger partial charge in [0.25, 0.3) is 0 Å². The first-order valence-corrected chi connectivity index (χ1v) is 7.48. The smallest absolute Gasteiger partial charge is 0.224 e. The maximum atomic E-state index is 12.2. The molecular formula is C16H25N3O. The summed E-state index contributed by atoms with van der Waals surface area (Å²) in [5.41, 5.74) is 8.63. The van der Waals surface area contributed by atoms with Crippen LogP contribution < -0.4 is 5.73 Å². The van der Waals surface area contributed by atoms with Gasteiger partial charge in [-0.15, -0.1) is 0 Å². The summed E-state index contributed by atoms with van der Waals surface area (Å²) in [7, 11) is 0. The molecule has 0 saturated heterocycles. The summed E-state index contributed by atoms with van der Waals surface area (Å²) in [5, 5.41) is 0. The highest BCUT2D eigenvalue weighted by molar-refractivity contribution is 5.76. The van der Waals surface area contributed by atoms with E-state index in [1.54, 1.807) is 0 Å². The molecule has 1 atom stereocenters. The maximum Gasteiger partial charge on any atom is 0.224 e. The summed E-state index contributed by atoms with van der Waals surface area (Å²) in [6.45, 7) is 7.92. The summed E-state index contributed by atoms with van der Waals surface area (Å²) < 4.78 is 0. The summed E-state index contributed by atoms with van der Waals surface area (Å²) in [4.78, 5) is 16.5. The summed E-state index contributed by atoms with van der Waals surface area (Å²) in [6.07, 6.45) is 0.520. The van der Waals surface area contributed by atoms with Crippen molar-refractivity contribution in [2.75, 3.05) is 19.6 Å². The molecule has 0 spiro atoms. The number of fused-ring (bicyclic) bond motifs is 1. The predicted octanol–water partition coefficient (Wildman–Crippen LogP) is 1.59. The number of hydrogen-bond donors (Lipinski definition) is 1. The zero-order chi connectivity index (χ0) is 14.5. The van der Waals surface area contributed by atoms with Gasteiger partial charge < -0.3 is 10.6 Å². The lowest BCUT2D eigenvalue weighted by Crippen LogP contribution is -2.42. The quantitative estimate of drug-likeness (QED) is 0.857. The molecule has 20 heavy (non-hydrogen) atoms. The molecule has 1 aromatic rings. The van der Waals surface area contributed by atoms with E-state index in [2.05, 4.69) is 29.2 Å². The zero-order valence-corrected chi connectivity index (χ0v) is 12.5. The number of hydrogen-bond acceptors (Lipinski definition) is 3. The Bertz CT molecular complexity index is 432. The molecule has 0 fully saturated rings. The second-order valence-electron chi connectivity index (χ2n) is 5.33. The standard InChI is InChI=1S/C16H25N3O/c1-3-18(4-2)16(20)9-15(10-17)19-11-13-7-5-6-8-14(13)12-19/h5-8,15H,3-4,9-12,17H2,1-2H3. The molecule has 2 N–H and O–H groups in total. The molecule has 110 valence electrons. The third-order valence-electron chi connectivity index (χ3n) is 4.18. The molecule has 0 saturated carbocycles. The predicted molar refractivity (Wildman–Crippen MR) is 81.1 cm³/mol. The molecule has 2 rings (SSSR count).